The smallest absolute Gasteiger partial charge is 0.405 e. The van der Waals surface area contributed by atoms with Gasteiger partial charge in [0.2, 0.25) is 0 Å². The lowest BCUT2D eigenvalue weighted by atomic mass is 9.99. The van der Waals surface area contributed by atoms with Crippen LogP contribution < -0.4 is 5.73 Å². The van der Waals surface area contributed by atoms with Crippen LogP contribution in [0.25, 0.3) is 0 Å². The molecule has 0 fully saturated rings. The zero-order valence-corrected chi connectivity index (χ0v) is 20.5. The fourth-order valence-electron chi connectivity index (χ4n) is 2.92. The Bertz CT molecular complexity index is 495. The highest BCUT2D eigenvalue weighted by Crippen LogP contribution is 2.38. The first-order valence-electron chi connectivity index (χ1n) is 10.9. The van der Waals surface area contributed by atoms with E-state index in [4.69, 9.17) is 14.9 Å². The molecule has 2 atom stereocenters. The summed E-state index contributed by atoms with van der Waals surface area (Å²) < 4.78 is 11.7. The van der Waals surface area contributed by atoms with Crippen molar-refractivity contribution in [3.63, 3.8) is 0 Å². The predicted molar refractivity (Wildman–Crippen MR) is 123 cm³/mol. The van der Waals surface area contributed by atoms with Crippen molar-refractivity contribution in [3.8, 4) is 0 Å². The summed E-state index contributed by atoms with van der Waals surface area (Å²) in [6, 6.07) is 0. The van der Waals surface area contributed by atoms with Crippen molar-refractivity contribution in [1.29, 1.82) is 0 Å². The second kappa shape index (κ2) is 13.2. The van der Waals surface area contributed by atoms with E-state index < -0.39 is 14.4 Å². The third-order valence-electron chi connectivity index (χ3n) is 5.60. The molecule has 0 saturated carbocycles. The maximum absolute atomic E-state index is 11.1. The molecule has 164 valence electrons. The largest absolute Gasteiger partial charge is 0.442 e. The van der Waals surface area contributed by atoms with Gasteiger partial charge in [0.25, 0.3) is 0 Å². The molecule has 2 N–H and O–H groups in total. The topological polar surface area (TPSA) is 61.5 Å². The summed E-state index contributed by atoms with van der Waals surface area (Å²) in [6.07, 6.45) is 12.2. The van der Waals surface area contributed by atoms with Crippen LogP contribution in [0.2, 0.25) is 18.1 Å². The molecule has 0 aliphatic carbocycles. The Labute approximate surface area is 175 Å². The Morgan fingerprint density at radius 3 is 2.21 bits per heavy atom. The van der Waals surface area contributed by atoms with Crippen molar-refractivity contribution >= 4 is 14.4 Å². The van der Waals surface area contributed by atoms with Crippen molar-refractivity contribution in [3.05, 3.63) is 24.3 Å². The molecule has 0 saturated heterocycles. The third kappa shape index (κ3) is 11.7. The summed E-state index contributed by atoms with van der Waals surface area (Å²) in [4.78, 5) is 11.1. The van der Waals surface area contributed by atoms with Crippen LogP contribution in [-0.2, 0) is 9.16 Å². The highest BCUT2D eigenvalue weighted by molar-refractivity contribution is 6.74. The number of hydrogen-bond acceptors (Lipinski definition) is 3. The lowest BCUT2D eigenvalue weighted by Gasteiger charge is -2.39. The van der Waals surface area contributed by atoms with Gasteiger partial charge in [-0.3, -0.25) is 0 Å². The Morgan fingerprint density at radius 2 is 1.71 bits per heavy atom. The molecule has 0 aliphatic rings. The van der Waals surface area contributed by atoms with Gasteiger partial charge in [0.1, 0.15) is 6.10 Å². The van der Waals surface area contributed by atoms with Crippen LogP contribution in [0.4, 0.5) is 4.79 Å². The molecule has 0 radical (unpaired) electrons. The van der Waals surface area contributed by atoms with E-state index in [9.17, 15) is 4.79 Å². The van der Waals surface area contributed by atoms with E-state index >= 15 is 0 Å². The van der Waals surface area contributed by atoms with Crippen LogP contribution in [0.3, 0.4) is 0 Å². The van der Waals surface area contributed by atoms with Gasteiger partial charge in [-0.05, 0) is 50.4 Å². The number of carbonyl (C=O) groups is 1. The Morgan fingerprint density at radius 1 is 1.14 bits per heavy atom. The van der Waals surface area contributed by atoms with E-state index in [1.54, 1.807) is 0 Å². The zero-order chi connectivity index (χ0) is 21.8. The van der Waals surface area contributed by atoms with Gasteiger partial charge < -0.3 is 14.9 Å². The molecule has 0 bridgehead atoms. The first-order chi connectivity index (χ1) is 12.9. The quantitative estimate of drug-likeness (QED) is 0.188. The lowest BCUT2D eigenvalue weighted by Crippen LogP contribution is -2.43. The minimum absolute atomic E-state index is 0.0204. The van der Waals surface area contributed by atoms with E-state index in [1.165, 1.54) is 37.7 Å². The van der Waals surface area contributed by atoms with Crippen molar-refractivity contribution in [2.24, 2.45) is 5.73 Å². The van der Waals surface area contributed by atoms with Crippen LogP contribution in [-0.4, -0.2) is 26.6 Å². The van der Waals surface area contributed by atoms with Crippen LogP contribution in [0, 0.1) is 0 Å². The van der Waals surface area contributed by atoms with E-state index in [0.29, 0.717) is 0 Å². The Kier molecular flexibility index (Phi) is 12.7. The van der Waals surface area contributed by atoms with Gasteiger partial charge in [-0.1, -0.05) is 71.4 Å². The van der Waals surface area contributed by atoms with Crippen molar-refractivity contribution in [2.45, 2.75) is 116 Å². The SMILES string of the molecule is C=CC(C/C(=C/[C@@H](C)OC(N)=O)CCCCCCCC)O[Si](C)(C)C(C)(C)C. The van der Waals surface area contributed by atoms with Crippen LogP contribution in [0.15, 0.2) is 24.3 Å². The molecule has 0 heterocycles. The molecule has 4 nitrogen and oxygen atoms in total. The van der Waals surface area contributed by atoms with Crippen molar-refractivity contribution < 1.29 is 14.0 Å². The highest BCUT2D eigenvalue weighted by atomic mass is 28.4. The minimum Gasteiger partial charge on any atom is -0.442 e. The van der Waals surface area contributed by atoms with Gasteiger partial charge in [0, 0.05) is 0 Å². The van der Waals surface area contributed by atoms with Gasteiger partial charge >= 0.3 is 6.09 Å². The van der Waals surface area contributed by atoms with Gasteiger partial charge in [-0.15, -0.1) is 6.58 Å². The minimum atomic E-state index is -1.88. The standard InChI is InChI=1S/C23H45NO3Si/c1-9-11-12-13-14-15-16-20(17-19(3)26-22(24)25)18-21(10-2)27-28(7,8)23(4,5)6/h10,17,19,21H,2,9,11-16,18H2,1,3-8H3,(H2,24,25)/b20-17+/t19-,21?/m1/s1. The number of rotatable bonds is 14. The van der Waals surface area contributed by atoms with Gasteiger partial charge in [0.05, 0.1) is 6.10 Å². The second-order valence-corrected chi connectivity index (χ2v) is 14.1. The lowest BCUT2D eigenvalue weighted by molar-refractivity contribution is 0.136. The molecular formula is C23H45NO3Si. The number of ether oxygens (including phenoxy) is 1. The fraction of sp³-hybridized carbons (Fsp3) is 0.783. The summed E-state index contributed by atoms with van der Waals surface area (Å²) in [5.74, 6) is 0. The Hall–Kier alpha value is -1.07. The van der Waals surface area contributed by atoms with Crippen molar-refractivity contribution in [2.75, 3.05) is 0 Å². The van der Waals surface area contributed by atoms with E-state index in [-0.39, 0.29) is 17.2 Å². The molecule has 0 aromatic rings. The third-order valence-corrected chi connectivity index (χ3v) is 10.1. The van der Waals surface area contributed by atoms with Crippen LogP contribution >= 0.6 is 0 Å². The van der Waals surface area contributed by atoms with Gasteiger partial charge in [-0.25, -0.2) is 4.79 Å². The summed E-state index contributed by atoms with van der Waals surface area (Å²) >= 11 is 0. The highest BCUT2D eigenvalue weighted by Gasteiger charge is 2.38. The molecule has 0 aromatic carbocycles. The van der Waals surface area contributed by atoms with Crippen LogP contribution in [0.5, 0.6) is 0 Å². The zero-order valence-electron chi connectivity index (χ0n) is 19.5. The maximum atomic E-state index is 11.1. The summed E-state index contributed by atoms with van der Waals surface area (Å²) in [5, 5.41) is 0.153. The summed E-state index contributed by atoms with van der Waals surface area (Å²) in [6.45, 7) is 19.4. The molecular weight excluding hydrogens is 366 g/mol. The molecule has 1 amide bonds. The molecule has 1 unspecified atom stereocenters. The summed E-state index contributed by atoms with van der Waals surface area (Å²) in [5.41, 5.74) is 6.43. The molecule has 0 spiro atoms. The normalized spacial score (nSPS) is 15.2. The van der Waals surface area contributed by atoms with E-state index in [2.05, 4.69) is 47.4 Å². The van der Waals surface area contributed by atoms with Gasteiger partial charge in [-0.2, -0.15) is 0 Å². The maximum Gasteiger partial charge on any atom is 0.405 e. The fourth-order valence-corrected chi connectivity index (χ4v) is 4.21. The number of carbonyl (C=O) groups excluding carboxylic acids is 1. The monoisotopic (exact) mass is 411 g/mol. The summed E-state index contributed by atoms with van der Waals surface area (Å²) in [7, 11) is -1.88. The van der Waals surface area contributed by atoms with Crippen LogP contribution in [0.1, 0.15) is 86.0 Å². The number of nitrogens with two attached hydrogens (primary N) is 1. The number of primary amides is 1. The first kappa shape index (κ1) is 26.9. The number of amides is 1. The van der Waals surface area contributed by atoms with Crippen molar-refractivity contribution in [1.82, 2.24) is 0 Å². The average molecular weight is 412 g/mol. The molecule has 0 aromatic heterocycles. The van der Waals surface area contributed by atoms with E-state index in [0.717, 1.165) is 19.3 Å². The molecule has 28 heavy (non-hydrogen) atoms. The molecule has 5 heteroatoms. The average Bonchev–Trinajstić information content (AvgIpc) is 2.55. The number of hydrogen-bond donors (Lipinski definition) is 1. The molecule has 0 rings (SSSR count). The molecule has 0 aliphatic heterocycles. The first-order valence-corrected chi connectivity index (χ1v) is 13.8. The Balaban J connectivity index is 5.02. The van der Waals surface area contributed by atoms with E-state index in [1.807, 2.05) is 19.1 Å². The second-order valence-electron chi connectivity index (χ2n) is 9.34. The number of unbranched alkanes of at least 4 members (excludes halogenated alkanes) is 5. The predicted octanol–water partition coefficient (Wildman–Crippen LogP) is 7.11. The van der Waals surface area contributed by atoms with Gasteiger partial charge in [0.15, 0.2) is 8.32 Å².